The summed E-state index contributed by atoms with van der Waals surface area (Å²) in [6, 6.07) is 32.5. The fraction of sp³-hybridized carbons (Fsp3) is 0.189. The molecule has 3 atom stereocenters. The lowest BCUT2D eigenvalue weighted by molar-refractivity contribution is -0.167. The molecule has 2 heterocycles. The van der Waals surface area contributed by atoms with Gasteiger partial charge in [0.1, 0.15) is 23.8 Å². The second-order valence-corrected chi connectivity index (χ2v) is 12.0. The molecule has 2 amide bonds. The number of hydrogen-bond donors (Lipinski definition) is 1. The summed E-state index contributed by atoms with van der Waals surface area (Å²) in [5.74, 6) is -1.70. The number of nitrogens with zero attached hydrogens (tertiary/aromatic N) is 1. The van der Waals surface area contributed by atoms with Crippen molar-refractivity contribution < 1.29 is 33.4 Å². The highest BCUT2D eigenvalue weighted by Crippen LogP contribution is 2.41. The molecule has 0 spiro atoms. The number of hydrogen-bond acceptors (Lipinski definition) is 8. The SMILES string of the molecule is COc1ccc(COC(=O)C2=CS[C@H]3C(NC(=O)Cc4ccccc4)C(=O)N3C2C(=O)OC(c2ccccc2)c2ccccc2)cc1. The summed E-state index contributed by atoms with van der Waals surface area (Å²) in [6.07, 6.45) is -0.700. The topological polar surface area (TPSA) is 111 Å². The van der Waals surface area contributed by atoms with Crippen molar-refractivity contribution in [1.82, 2.24) is 10.2 Å². The lowest BCUT2D eigenvalue weighted by atomic mass is 9.97. The second-order valence-electron chi connectivity index (χ2n) is 11.0. The third-order valence-corrected chi connectivity index (χ3v) is 9.11. The van der Waals surface area contributed by atoms with Crippen LogP contribution in [0.3, 0.4) is 0 Å². The normalized spacial score (nSPS) is 18.3. The van der Waals surface area contributed by atoms with E-state index in [1.54, 1.807) is 31.4 Å². The Balaban J connectivity index is 1.25. The van der Waals surface area contributed by atoms with Crippen molar-refractivity contribution in [2.45, 2.75) is 36.6 Å². The number of fused-ring (bicyclic) bond motifs is 1. The summed E-state index contributed by atoms with van der Waals surface area (Å²) in [6.45, 7) is -0.0567. The molecule has 9 nitrogen and oxygen atoms in total. The molecular weight excluding hydrogens is 616 g/mol. The Kier molecular flexibility index (Phi) is 9.68. The Morgan fingerprint density at radius 3 is 2.00 bits per heavy atom. The van der Waals surface area contributed by atoms with E-state index < -0.39 is 41.4 Å². The van der Waals surface area contributed by atoms with Crippen molar-refractivity contribution in [3.05, 3.63) is 148 Å². The summed E-state index contributed by atoms with van der Waals surface area (Å²) in [4.78, 5) is 55.5. The Bertz CT molecular complexity index is 1730. The van der Waals surface area contributed by atoms with Gasteiger partial charge in [0.05, 0.1) is 19.1 Å². The third-order valence-electron chi connectivity index (χ3n) is 7.94. The van der Waals surface area contributed by atoms with Gasteiger partial charge in [-0.1, -0.05) is 103 Å². The zero-order valence-electron chi connectivity index (χ0n) is 25.5. The van der Waals surface area contributed by atoms with Crippen LogP contribution >= 0.6 is 11.8 Å². The minimum Gasteiger partial charge on any atom is -0.497 e. The molecule has 4 aromatic rings. The molecule has 1 fully saturated rings. The Labute approximate surface area is 276 Å². The molecule has 6 rings (SSSR count). The molecule has 4 aromatic carbocycles. The van der Waals surface area contributed by atoms with E-state index in [0.29, 0.717) is 5.75 Å². The first-order chi connectivity index (χ1) is 22.9. The van der Waals surface area contributed by atoms with Gasteiger partial charge in [0.25, 0.3) is 0 Å². The van der Waals surface area contributed by atoms with Gasteiger partial charge in [0.2, 0.25) is 11.8 Å². The predicted molar refractivity (Wildman–Crippen MR) is 176 cm³/mol. The minimum atomic E-state index is -1.38. The van der Waals surface area contributed by atoms with E-state index in [4.69, 9.17) is 14.2 Å². The van der Waals surface area contributed by atoms with Crippen molar-refractivity contribution in [3.63, 3.8) is 0 Å². The first-order valence-electron chi connectivity index (χ1n) is 15.0. The molecule has 0 saturated carbocycles. The zero-order valence-corrected chi connectivity index (χ0v) is 26.3. The van der Waals surface area contributed by atoms with Crippen molar-refractivity contribution in [3.8, 4) is 5.75 Å². The van der Waals surface area contributed by atoms with Crippen LogP contribution in [0.2, 0.25) is 0 Å². The smallest absolute Gasteiger partial charge is 0.337 e. The Morgan fingerprint density at radius 2 is 1.40 bits per heavy atom. The lowest BCUT2D eigenvalue weighted by Crippen LogP contribution is -2.74. The van der Waals surface area contributed by atoms with Gasteiger partial charge in [-0.2, -0.15) is 0 Å². The highest BCUT2D eigenvalue weighted by atomic mass is 32.2. The summed E-state index contributed by atoms with van der Waals surface area (Å²) < 4.78 is 16.9. The van der Waals surface area contributed by atoms with Crippen LogP contribution in [0.25, 0.3) is 0 Å². The molecule has 0 aromatic heterocycles. The highest BCUT2D eigenvalue weighted by molar-refractivity contribution is 8.03. The number of ether oxygens (including phenoxy) is 3. The number of methoxy groups -OCH3 is 1. The summed E-state index contributed by atoms with van der Waals surface area (Å²) in [7, 11) is 1.56. The molecule has 0 aliphatic carbocycles. The quantitative estimate of drug-likeness (QED) is 0.179. The summed E-state index contributed by atoms with van der Waals surface area (Å²) in [5, 5.41) is 3.72. The molecule has 238 valence electrons. The van der Waals surface area contributed by atoms with Gasteiger partial charge in [-0.15, -0.1) is 11.8 Å². The van der Waals surface area contributed by atoms with E-state index in [0.717, 1.165) is 22.3 Å². The van der Waals surface area contributed by atoms with Gasteiger partial charge in [-0.3, -0.25) is 9.59 Å². The van der Waals surface area contributed by atoms with Gasteiger partial charge in [-0.25, -0.2) is 9.59 Å². The van der Waals surface area contributed by atoms with E-state index in [9.17, 15) is 19.2 Å². The van der Waals surface area contributed by atoms with Crippen molar-refractivity contribution in [1.29, 1.82) is 0 Å². The van der Waals surface area contributed by atoms with E-state index >= 15 is 0 Å². The first kappa shape index (κ1) is 31.6. The van der Waals surface area contributed by atoms with Crippen molar-refractivity contribution >= 4 is 35.5 Å². The maximum Gasteiger partial charge on any atom is 0.337 e. The summed E-state index contributed by atoms with van der Waals surface area (Å²) in [5.41, 5.74) is 2.95. The number of esters is 2. The van der Waals surface area contributed by atoms with Gasteiger partial charge < -0.3 is 24.4 Å². The lowest BCUT2D eigenvalue weighted by Gasteiger charge is -2.51. The van der Waals surface area contributed by atoms with Crippen LogP contribution in [-0.2, 0) is 41.7 Å². The molecule has 10 heteroatoms. The predicted octanol–water partition coefficient (Wildman–Crippen LogP) is 4.97. The molecule has 0 radical (unpaired) electrons. The van der Waals surface area contributed by atoms with Gasteiger partial charge in [0.15, 0.2) is 12.1 Å². The monoisotopic (exact) mass is 648 g/mol. The molecule has 0 bridgehead atoms. The second kappa shape index (κ2) is 14.4. The number of amides is 2. The van der Waals surface area contributed by atoms with Gasteiger partial charge >= 0.3 is 11.9 Å². The average Bonchev–Trinajstić information content (AvgIpc) is 3.12. The maximum atomic E-state index is 14.1. The van der Waals surface area contributed by atoms with E-state index in [1.165, 1.54) is 22.1 Å². The van der Waals surface area contributed by atoms with Crippen LogP contribution in [0, 0.1) is 0 Å². The number of carbonyl (C=O) groups is 4. The molecule has 47 heavy (non-hydrogen) atoms. The number of rotatable bonds is 11. The maximum absolute atomic E-state index is 14.1. The molecular formula is C37H32N2O7S. The van der Waals surface area contributed by atoms with Crippen LogP contribution in [0.1, 0.15) is 28.4 Å². The number of carbonyl (C=O) groups excluding carboxylic acids is 4. The first-order valence-corrected chi connectivity index (χ1v) is 16.0. The molecule has 2 aliphatic heterocycles. The Hall–Kier alpha value is -5.35. The van der Waals surface area contributed by atoms with Crippen LogP contribution < -0.4 is 10.1 Å². The van der Waals surface area contributed by atoms with E-state index in [1.807, 2.05) is 91.0 Å². The van der Waals surface area contributed by atoms with Crippen LogP contribution in [0.4, 0.5) is 0 Å². The fourth-order valence-electron chi connectivity index (χ4n) is 5.52. The number of thioether (sulfide) groups is 1. The number of nitrogens with one attached hydrogen (secondary N) is 1. The molecule has 2 unspecified atom stereocenters. The van der Waals surface area contributed by atoms with Crippen LogP contribution in [0.15, 0.2) is 126 Å². The summed E-state index contributed by atoms with van der Waals surface area (Å²) >= 11 is 1.17. The average molecular weight is 649 g/mol. The standard InChI is InChI=1S/C37H32N2O7S/c1-44-28-19-17-25(18-20-28)22-45-36(42)29-23-47-35-31(38-30(40)21-24-11-5-2-6-12-24)34(41)39(35)32(29)37(43)46-33(26-13-7-3-8-14-26)27-15-9-4-10-16-27/h2-20,23,31-33,35H,21-22H2,1H3,(H,38,40)/t31?,32?,35-/m0/s1. The van der Waals surface area contributed by atoms with Crippen molar-refractivity contribution in [2.75, 3.05) is 7.11 Å². The van der Waals surface area contributed by atoms with Crippen LogP contribution in [0.5, 0.6) is 5.75 Å². The van der Waals surface area contributed by atoms with Crippen molar-refractivity contribution in [2.24, 2.45) is 0 Å². The molecule has 1 N–H and O–H groups in total. The fourth-order valence-corrected chi connectivity index (χ4v) is 6.73. The van der Waals surface area contributed by atoms with Crippen LogP contribution in [-0.4, -0.2) is 53.2 Å². The number of benzene rings is 4. The zero-order chi connectivity index (χ0) is 32.8. The largest absolute Gasteiger partial charge is 0.497 e. The Morgan fingerprint density at radius 1 is 0.809 bits per heavy atom. The third kappa shape index (κ3) is 7.07. The van der Waals surface area contributed by atoms with Gasteiger partial charge in [-0.05, 0) is 39.8 Å². The highest BCUT2D eigenvalue weighted by Gasteiger charge is 2.57. The van der Waals surface area contributed by atoms with E-state index in [2.05, 4.69) is 5.32 Å². The number of β-lactam (4-membered cyclic amide) rings is 1. The molecule has 2 aliphatic rings. The minimum absolute atomic E-state index is 0.0213. The molecule has 1 saturated heterocycles. The van der Waals surface area contributed by atoms with Gasteiger partial charge in [0, 0.05) is 0 Å². The van der Waals surface area contributed by atoms with E-state index in [-0.39, 0.29) is 24.5 Å².